The standard InChI is InChI=1S/C20H19NO2/c22-20(21-17-10-12-5-6-14(17)9-12)19-11-16-15-4-2-1-3-13(15)7-8-18(16)23-19/h1-4,7-8,11-12,14,17H,5-6,9-10H2,(H,21,22)/t12-,14-,17-/m0/s1. The fourth-order valence-electron chi connectivity index (χ4n) is 4.57. The van der Waals surface area contributed by atoms with Gasteiger partial charge in [0.25, 0.3) is 5.91 Å². The van der Waals surface area contributed by atoms with E-state index in [1.807, 2.05) is 30.3 Å². The largest absolute Gasteiger partial charge is 0.451 e. The fraction of sp³-hybridized carbons (Fsp3) is 0.350. The van der Waals surface area contributed by atoms with Crippen molar-refractivity contribution >= 4 is 27.6 Å². The number of benzene rings is 2. The van der Waals surface area contributed by atoms with Crippen molar-refractivity contribution in [3.8, 4) is 0 Å². The smallest absolute Gasteiger partial charge is 0.287 e. The van der Waals surface area contributed by atoms with Crippen LogP contribution < -0.4 is 5.32 Å². The lowest BCUT2D eigenvalue weighted by Crippen LogP contribution is -2.38. The van der Waals surface area contributed by atoms with Crippen molar-refractivity contribution in [3.05, 3.63) is 48.2 Å². The number of hydrogen-bond acceptors (Lipinski definition) is 2. The van der Waals surface area contributed by atoms with Gasteiger partial charge < -0.3 is 9.73 Å². The molecule has 3 aromatic rings. The van der Waals surface area contributed by atoms with Crippen molar-refractivity contribution in [1.29, 1.82) is 0 Å². The Morgan fingerprint density at radius 1 is 1.04 bits per heavy atom. The van der Waals surface area contributed by atoms with E-state index in [0.717, 1.165) is 28.7 Å². The van der Waals surface area contributed by atoms with Gasteiger partial charge in [-0.15, -0.1) is 0 Å². The zero-order chi connectivity index (χ0) is 15.4. The number of amides is 1. The van der Waals surface area contributed by atoms with E-state index in [0.29, 0.717) is 17.7 Å². The van der Waals surface area contributed by atoms with Crippen molar-refractivity contribution in [3.63, 3.8) is 0 Å². The van der Waals surface area contributed by atoms with Crippen LogP contribution in [0.25, 0.3) is 21.7 Å². The lowest BCUT2D eigenvalue weighted by atomic mass is 9.95. The van der Waals surface area contributed by atoms with Gasteiger partial charge in [-0.25, -0.2) is 0 Å². The molecule has 0 saturated heterocycles. The van der Waals surface area contributed by atoms with E-state index >= 15 is 0 Å². The van der Waals surface area contributed by atoms with Crippen LogP contribution >= 0.6 is 0 Å². The van der Waals surface area contributed by atoms with Crippen LogP contribution in [0.1, 0.15) is 36.2 Å². The Kier molecular flexibility index (Phi) is 2.78. The van der Waals surface area contributed by atoms with E-state index in [1.54, 1.807) is 0 Å². The number of rotatable bonds is 2. The maximum absolute atomic E-state index is 12.6. The topological polar surface area (TPSA) is 42.2 Å². The van der Waals surface area contributed by atoms with Crippen molar-refractivity contribution in [2.24, 2.45) is 11.8 Å². The maximum Gasteiger partial charge on any atom is 0.287 e. The van der Waals surface area contributed by atoms with Gasteiger partial charge in [0.1, 0.15) is 5.58 Å². The third kappa shape index (κ3) is 2.07. The van der Waals surface area contributed by atoms with Crippen LogP contribution in [0.3, 0.4) is 0 Å². The second kappa shape index (κ2) is 4.85. The number of hydrogen-bond donors (Lipinski definition) is 1. The second-order valence-electron chi connectivity index (χ2n) is 7.06. The van der Waals surface area contributed by atoms with E-state index in [1.165, 1.54) is 24.6 Å². The Bertz CT molecular complexity index is 910. The van der Waals surface area contributed by atoms with Crippen molar-refractivity contribution in [1.82, 2.24) is 5.32 Å². The van der Waals surface area contributed by atoms with Gasteiger partial charge in [-0.2, -0.15) is 0 Å². The molecular formula is C20H19NO2. The van der Waals surface area contributed by atoms with Crippen LogP contribution in [0.4, 0.5) is 0 Å². The van der Waals surface area contributed by atoms with Crippen LogP contribution in [0, 0.1) is 11.8 Å². The molecule has 23 heavy (non-hydrogen) atoms. The zero-order valence-corrected chi connectivity index (χ0v) is 12.9. The summed E-state index contributed by atoms with van der Waals surface area (Å²) in [6.07, 6.45) is 5.03. The van der Waals surface area contributed by atoms with Crippen LogP contribution in [0.15, 0.2) is 46.9 Å². The van der Waals surface area contributed by atoms with Gasteiger partial charge in [-0.3, -0.25) is 4.79 Å². The van der Waals surface area contributed by atoms with E-state index in [-0.39, 0.29) is 5.91 Å². The molecule has 5 rings (SSSR count). The molecule has 1 aromatic heterocycles. The first-order valence-electron chi connectivity index (χ1n) is 8.50. The lowest BCUT2D eigenvalue weighted by Gasteiger charge is -2.22. The number of fused-ring (bicyclic) bond motifs is 5. The summed E-state index contributed by atoms with van der Waals surface area (Å²) >= 11 is 0. The summed E-state index contributed by atoms with van der Waals surface area (Å²) in [6.45, 7) is 0. The average molecular weight is 305 g/mol. The van der Waals surface area contributed by atoms with Gasteiger partial charge >= 0.3 is 0 Å². The predicted molar refractivity (Wildman–Crippen MR) is 90.4 cm³/mol. The summed E-state index contributed by atoms with van der Waals surface area (Å²) in [7, 11) is 0. The first-order valence-corrected chi connectivity index (χ1v) is 8.50. The molecule has 0 unspecified atom stereocenters. The molecule has 0 spiro atoms. The molecule has 2 saturated carbocycles. The Hall–Kier alpha value is -2.29. The van der Waals surface area contributed by atoms with Crippen molar-refractivity contribution in [2.45, 2.75) is 31.7 Å². The summed E-state index contributed by atoms with van der Waals surface area (Å²) in [4.78, 5) is 12.6. The highest BCUT2D eigenvalue weighted by molar-refractivity contribution is 6.08. The van der Waals surface area contributed by atoms with Crippen LogP contribution in [-0.4, -0.2) is 11.9 Å². The van der Waals surface area contributed by atoms with E-state index in [4.69, 9.17) is 4.42 Å². The number of carbonyl (C=O) groups is 1. The fourth-order valence-corrected chi connectivity index (χ4v) is 4.57. The first-order chi connectivity index (χ1) is 11.3. The van der Waals surface area contributed by atoms with Gasteiger partial charge in [-0.1, -0.05) is 36.8 Å². The molecule has 3 heteroatoms. The van der Waals surface area contributed by atoms with Gasteiger partial charge in [0.05, 0.1) is 0 Å². The average Bonchev–Trinajstić information content (AvgIpc) is 3.29. The molecule has 2 aliphatic carbocycles. The van der Waals surface area contributed by atoms with Crippen LogP contribution in [0.5, 0.6) is 0 Å². The molecule has 116 valence electrons. The van der Waals surface area contributed by atoms with Crippen LogP contribution in [-0.2, 0) is 0 Å². The summed E-state index contributed by atoms with van der Waals surface area (Å²) in [5.41, 5.74) is 0.779. The van der Waals surface area contributed by atoms with Gasteiger partial charge in [0, 0.05) is 11.4 Å². The molecule has 2 aliphatic rings. The molecule has 2 bridgehead atoms. The van der Waals surface area contributed by atoms with E-state index in [2.05, 4.69) is 17.4 Å². The quantitative estimate of drug-likeness (QED) is 0.757. The van der Waals surface area contributed by atoms with E-state index in [9.17, 15) is 4.79 Å². The Morgan fingerprint density at radius 3 is 2.78 bits per heavy atom. The lowest BCUT2D eigenvalue weighted by molar-refractivity contribution is 0.0897. The highest BCUT2D eigenvalue weighted by atomic mass is 16.3. The third-order valence-corrected chi connectivity index (χ3v) is 5.70. The summed E-state index contributed by atoms with van der Waals surface area (Å²) in [6, 6.07) is 14.4. The molecule has 0 aliphatic heterocycles. The molecule has 0 radical (unpaired) electrons. The Labute approximate surface area is 134 Å². The number of furan rings is 1. The summed E-state index contributed by atoms with van der Waals surface area (Å²) in [5.74, 6) is 1.86. The number of carbonyl (C=O) groups excluding carboxylic acids is 1. The molecule has 3 nitrogen and oxygen atoms in total. The molecule has 2 fully saturated rings. The van der Waals surface area contributed by atoms with Crippen LogP contribution in [0.2, 0.25) is 0 Å². The summed E-state index contributed by atoms with van der Waals surface area (Å²) < 4.78 is 5.82. The molecule has 2 aromatic carbocycles. The minimum atomic E-state index is -0.0668. The Morgan fingerprint density at radius 2 is 1.96 bits per heavy atom. The molecule has 1 heterocycles. The zero-order valence-electron chi connectivity index (χ0n) is 12.9. The minimum Gasteiger partial charge on any atom is -0.451 e. The highest BCUT2D eigenvalue weighted by Gasteiger charge is 2.40. The second-order valence-corrected chi connectivity index (χ2v) is 7.06. The monoisotopic (exact) mass is 305 g/mol. The normalized spacial score (nSPS) is 26.2. The van der Waals surface area contributed by atoms with Crippen molar-refractivity contribution < 1.29 is 9.21 Å². The van der Waals surface area contributed by atoms with Gasteiger partial charge in [0.2, 0.25) is 0 Å². The molecule has 1 N–H and O–H groups in total. The highest BCUT2D eigenvalue weighted by Crippen LogP contribution is 2.44. The van der Waals surface area contributed by atoms with Gasteiger partial charge in [-0.05, 0) is 54.0 Å². The van der Waals surface area contributed by atoms with Gasteiger partial charge in [0.15, 0.2) is 5.76 Å². The SMILES string of the molecule is O=C(N[C@H]1C[C@H]2CC[C@H]1C2)c1cc2c(ccc3ccccc32)o1. The minimum absolute atomic E-state index is 0.0668. The van der Waals surface area contributed by atoms with Crippen molar-refractivity contribution in [2.75, 3.05) is 0 Å². The first kappa shape index (κ1) is 13.2. The molecule has 3 atom stereocenters. The summed E-state index contributed by atoms with van der Waals surface area (Å²) in [5, 5.41) is 6.52. The van der Waals surface area contributed by atoms with E-state index < -0.39 is 0 Å². The Balaban J connectivity index is 1.48. The third-order valence-electron chi connectivity index (χ3n) is 5.70. The molecule has 1 amide bonds. The number of nitrogens with one attached hydrogen (secondary N) is 1. The maximum atomic E-state index is 12.6. The predicted octanol–water partition coefficient (Wildman–Crippen LogP) is 4.50. The molecular weight excluding hydrogens is 286 g/mol.